The van der Waals surface area contributed by atoms with Crippen molar-refractivity contribution in [3.05, 3.63) is 0 Å². The van der Waals surface area contributed by atoms with Crippen LogP contribution in [0.5, 0.6) is 0 Å². The van der Waals surface area contributed by atoms with Gasteiger partial charge in [0, 0.05) is 0 Å². The molecular formula is C10H20O2. The maximum absolute atomic E-state index is 9.78. The second kappa shape index (κ2) is 2.46. The molecular weight excluding hydrogens is 152 g/mol. The van der Waals surface area contributed by atoms with Gasteiger partial charge in [0.1, 0.15) is 0 Å². The van der Waals surface area contributed by atoms with Gasteiger partial charge in [0.25, 0.3) is 0 Å². The van der Waals surface area contributed by atoms with E-state index in [-0.39, 0.29) is 11.3 Å². The van der Waals surface area contributed by atoms with Crippen molar-refractivity contribution in [3.63, 3.8) is 0 Å². The predicted octanol–water partition coefficient (Wildman–Crippen LogP) is 1.41. The van der Waals surface area contributed by atoms with Crippen molar-refractivity contribution in [1.29, 1.82) is 0 Å². The Hall–Kier alpha value is -0.0800. The Morgan fingerprint density at radius 2 is 1.67 bits per heavy atom. The highest BCUT2D eigenvalue weighted by molar-refractivity contribution is 5.08. The summed E-state index contributed by atoms with van der Waals surface area (Å²) in [4.78, 5) is 0. The highest BCUT2D eigenvalue weighted by atomic mass is 16.3. The SMILES string of the molecule is C[C@H]1[C@H](C(O)C(C)(C)O)C1(C)C. The third-order valence-corrected chi connectivity index (χ3v) is 3.53. The van der Waals surface area contributed by atoms with Crippen molar-refractivity contribution in [1.82, 2.24) is 0 Å². The van der Waals surface area contributed by atoms with Crippen LogP contribution < -0.4 is 0 Å². The van der Waals surface area contributed by atoms with Crippen LogP contribution in [0.3, 0.4) is 0 Å². The van der Waals surface area contributed by atoms with Crippen molar-refractivity contribution in [2.24, 2.45) is 17.3 Å². The van der Waals surface area contributed by atoms with Crippen LogP contribution in [-0.4, -0.2) is 21.9 Å². The van der Waals surface area contributed by atoms with Gasteiger partial charge in [0.2, 0.25) is 0 Å². The number of aliphatic hydroxyl groups excluding tert-OH is 1. The Bertz CT molecular complexity index is 169. The number of aliphatic hydroxyl groups is 2. The molecule has 0 aromatic heterocycles. The van der Waals surface area contributed by atoms with E-state index in [1.54, 1.807) is 13.8 Å². The maximum atomic E-state index is 9.78. The Balaban J connectivity index is 2.64. The van der Waals surface area contributed by atoms with Crippen molar-refractivity contribution < 1.29 is 10.2 Å². The summed E-state index contributed by atoms with van der Waals surface area (Å²) in [5, 5.41) is 19.4. The van der Waals surface area contributed by atoms with E-state index >= 15 is 0 Å². The summed E-state index contributed by atoms with van der Waals surface area (Å²) < 4.78 is 0. The molecule has 0 saturated heterocycles. The van der Waals surface area contributed by atoms with Gasteiger partial charge in [-0.05, 0) is 31.1 Å². The van der Waals surface area contributed by atoms with Gasteiger partial charge in [0.15, 0.2) is 0 Å². The maximum Gasteiger partial charge on any atom is 0.0857 e. The molecule has 1 fully saturated rings. The lowest BCUT2D eigenvalue weighted by Crippen LogP contribution is -2.38. The van der Waals surface area contributed by atoms with Gasteiger partial charge in [-0.2, -0.15) is 0 Å². The molecule has 12 heavy (non-hydrogen) atoms. The molecule has 0 radical (unpaired) electrons. The normalized spacial score (nSPS) is 36.2. The Morgan fingerprint density at radius 1 is 1.33 bits per heavy atom. The van der Waals surface area contributed by atoms with Crippen molar-refractivity contribution in [2.75, 3.05) is 0 Å². The molecule has 0 aliphatic heterocycles. The molecule has 2 heteroatoms. The topological polar surface area (TPSA) is 40.5 Å². The average molecular weight is 172 g/mol. The zero-order valence-corrected chi connectivity index (χ0v) is 8.63. The van der Waals surface area contributed by atoms with Gasteiger partial charge in [-0.1, -0.05) is 20.8 Å². The lowest BCUT2D eigenvalue weighted by molar-refractivity contribution is -0.0650. The van der Waals surface area contributed by atoms with Crippen LogP contribution in [0.25, 0.3) is 0 Å². The van der Waals surface area contributed by atoms with Crippen LogP contribution in [0.15, 0.2) is 0 Å². The molecule has 0 aromatic carbocycles. The summed E-state index contributed by atoms with van der Waals surface area (Å²) in [5.74, 6) is 0.761. The van der Waals surface area contributed by atoms with E-state index in [1.165, 1.54) is 0 Å². The highest BCUT2D eigenvalue weighted by Crippen LogP contribution is 2.60. The third kappa shape index (κ3) is 1.38. The molecule has 1 aliphatic carbocycles. The van der Waals surface area contributed by atoms with Gasteiger partial charge >= 0.3 is 0 Å². The first-order valence-electron chi connectivity index (χ1n) is 4.59. The molecule has 1 rings (SSSR count). The van der Waals surface area contributed by atoms with E-state index in [0.717, 1.165) is 0 Å². The Morgan fingerprint density at radius 3 is 1.75 bits per heavy atom. The van der Waals surface area contributed by atoms with Crippen LogP contribution >= 0.6 is 0 Å². The molecule has 1 aliphatic rings. The largest absolute Gasteiger partial charge is 0.390 e. The smallest absolute Gasteiger partial charge is 0.0857 e. The van der Waals surface area contributed by atoms with Crippen molar-refractivity contribution in [3.8, 4) is 0 Å². The molecule has 1 saturated carbocycles. The molecule has 2 nitrogen and oxygen atoms in total. The van der Waals surface area contributed by atoms with Crippen LogP contribution in [0.1, 0.15) is 34.6 Å². The summed E-state index contributed by atoms with van der Waals surface area (Å²) in [7, 11) is 0. The lowest BCUT2D eigenvalue weighted by atomic mass is 9.94. The second-order valence-electron chi connectivity index (χ2n) is 5.23. The van der Waals surface area contributed by atoms with E-state index in [1.807, 2.05) is 0 Å². The quantitative estimate of drug-likeness (QED) is 0.661. The fourth-order valence-electron chi connectivity index (χ4n) is 2.06. The van der Waals surface area contributed by atoms with Crippen molar-refractivity contribution in [2.45, 2.75) is 46.3 Å². The first kappa shape index (κ1) is 10.0. The first-order chi connectivity index (χ1) is 5.19. The minimum absolute atomic E-state index is 0.194. The lowest BCUT2D eigenvalue weighted by Gasteiger charge is -2.25. The van der Waals surface area contributed by atoms with Gasteiger partial charge < -0.3 is 10.2 Å². The van der Waals surface area contributed by atoms with E-state index < -0.39 is 11.7 Å². The first-order valence-corrected chi connectivity index (χ1v) is 4.59. The average Bonchev–Trinajstić information content (AvgIpc) is 2.30. The number of hydrogen-bond acceptors (Lipinski definition) is 2. The Labute approximate surface area is 74.6 Å². The molecule has 0 heterocycles. The summed E-state index contributed by atoms with van der Waals surface area (Å²) in [6, 6.07) is 0. The fraction of sp³-hybridized carbons (Fsp3) is 1.00. The molecule has 1 unspecified atom stereocenters. The zero-order chi connectivity index (χ0) is 9.73. The van der Waals surface area contributed by atoms with Crippen LogP contribution in [0.4, 0.5) is 0 Å². The summed E-state index contributed by atoms with van der Waals surface area (Å²) in [6.45, 7) is 9.73. The van der Waals surface area contributed by atoms with Gasteiger partial charge in [-0.25, -0.2) is 0 Å². The summed E-state index contributed by atoms with van der Waals surface area (Å²) in [6.07, 6.45) is -0.595. The molecule has 0 bridgehead atoms. The van der Waals surface area contributed by atoms with E-state index in [0.29, 0.717) is 5.92 Å². The van der Waals surface area contributed by atoms with Crippen LogP contribution in [0, 0.1) is 17.3 Å². The van der Waals surface area contributed by atoms with Crippen LogP contribution in [0.2, 0.25) is 0 Å². The van der Waals surface area contributed by atoms with Gasteiger partial charge in [0.05, 0.1) is 11.7 Å². The molecule has 0 amide bonds. The Kier molecular flexibility index (Phi) is 2.05. The van der Waals surface area contributed by atoms with E-state index in [4.69, 9.17) is 0 Å². The summed E-state index contributed by atoms with van der Waals surface area (Å²) >= 11 is 0. The minimum Gasteiger partial charge on any atom is -0.390 e. The predicted molar refractivity (Wildman–Crippen MR) is 48.7 cm³/mol. The third-order valence-electron chi connectivity index (χ3n) is 3.53. The van der Waals surface area contributed by atoms with Gasteiger partial charge in [-0.15, -0.1) is 0 Å². The highest BCUT2D eigenvalue weighted by Gasteiger charge is 2.60. The van der Waals surface area contributed by atoms with Crippen molar-refractivity contribution >= 4 is 0 Å². The molecule has 0 spiro atoms. The van der Waals surface area contributed by atoms with E-state index in [9.17, 15) is 10.2 Å². The summed E-state index contributed by atoms with van der Waals surface area (Å²) in [5.41, 5.74) is -0.772. The van der Waals surface area contributed by atoms with E-state index in [2.05, 4.69) is 20.8 Å². The zero-order valence-electron chi connectivity index (χ0n) is 8.63. The monoisotopic (exact) mass is 172 g/mol. The van der Waals surface area contributed by atoms with Gasteiger partial charge in [-0.3, -0.25) is 0 Å². The number of hydrogen-bond donors (Lipinski definition) is 2. The molecule has 0 aromatic rings. The molecule has 72 valence electrons. The standard InChI is InChI=1S/C10H20O2/c1-6-7(9(6,2)3)8(11)10(4,5)12/h6-8,11-12H,1-5H3/t6-,7+,8?/m0/s1. The molecule has 2 N–H and O–H groups in total. The second-order valence-corrected chi connectivity index (χ2v) is 5.23. The van der Waals surface area contributed by atoms with Crippen LogP contribution in [-0.2, 0) is 0 Å². The fourth-order valence-corrected chi connectivity index (χ4v) is 2.06. The number of rotatable bonds is 2. The molecule has 3 atom stereocenters. The minimum atomic E-state index is -0.966.